The molecule has 0 saturated heterocycles. The van der Waals surface area contributed by atoms with E-state index in [1.54, 1.807) is 16.8 Å². The molecule has 0 unspecified atom stereocenters. The molecular formula is C22H23FN4O. The van der Waals surface area contributed by atoms with Gasteiger partial charge in [-0.15, -0.1) is 0 Å². The van der Waals surface area contributed by atoms with Gasteiger partial charge in [0, 0.05) is 37.4 Å². The molecule has 1 aliphatic rings. The highest BCUT2D eigenvalue weighted by atomic mass is 19.1. The number of hydrogen-bond donors (Lipinski definition) is 1. The highest BCUT2D eigenvalue weighted by Gasteiger charge is 2.18. The van der Waals surface area contributed by atoms with Gasteiger partial charge in [0.2, 0.25) is 0 Å². The van der Waals surface area contributed by atoms with Crippen molar-refractivity contribution >= 4 is 5.91 Å². The summed E-state index contributed by atoms with van der Waals surface area (Å²) < 4.78 is 16.1. The number of hydrogen-bond acceptors (Lipinski definition) is 3. The molecular weight excluding hydrogens is 355 g/mol. The molecule has 1 amide bonds. The van der Waals surface area contributed by atoms with Gasteiger partial charge in [-0.3, -0.25) is 9.69 Å². The molecule has 4 rings (SSSR count). The number of benzene rings is 2. The molecule has 0 bridgehead atoms. The fourth-order valence-corrected chi connectivity index (χ4v) is 3.68. The Hall–Kier alpha value is -2.99. The van der Waals surface area contributed by atoms with Crippen LogP contribution in [0.4, 0.5) is 4.39 Å². The quantitative estimate of drug-likeness (QED) is 0.741. The van der Waals surface area contributed by atoms with Crippen LogP contribution in [0.2, 0.25) is 0 Å². The van der Waals surface area contributed by atoms with Crippen molar-refractivity contribution in [1.82, 2.24) is 20.0 Å². The number of aromatic nitrogens is 2. The van der Waals surface area contributed by atoms with Crippen LogP contribution in [0, 0.1) is 19.7 Å². The summed E-state index contributed by atoms with van der Waals surface area (Å²) in [6.45, 7) is 6.81. The fourth-order valence-electron chi connectivity index (χ4n) is 3.68. The molecule has 0 saturated carbocycles. The van der Waals surface area contributed by atoms with Crippen molar-refractivity contribution in [3.63, 3.8) is 0 Å². The van der Waals surface area contributed by atoms with E-state index in [4.69, 9.17) is 0 Å². The van der Waals surface area contributed by atoms with Crippen molar-refractivity contribution in [3.05, 3.63) is 82.4 Å². The Kier molecular flexibility index (Phi) is 4.96. The zero-order valence-corrected chi connectivity index (χ0v) is 16.1. The van der Waals surface area contributed by atoms with E-state index in [2.05, 4.69) is 27.4 Å². The number of rotatable bonds is 5. The number of carbonyl (C=O) groups excluding carboxylic acids is 1. The lowest BCUT2D eigenvalue weighted by molar-refractivity contribution is 0.0948. The number of halogens is 1. The van der Waals surface area contributed by atoms with Crippen molar-refractivity contribution < 1.29 is 9.18 Å². The van der Waals surface area contributed by atoms with Crippen LogP contribution in [0.25, 0.3) is 5.69 Å². The molecule has 5 nitrogen and oxygen atoms in total. The van der Waals surface area contributed by atoms with Crippen molar-refractivity contribution in [2.45, 2.75) is 26.9 Å². The predicted molar refractivity (Wildman–Crippen MR) is 106 cm³/mol. The standard InChI is InChI=1S/C22H23FN4O/c1-15-11-16(2)27(25-15)21-8-7-17(12-20(21)23)22(28)24-9-10-26-13-18-5-3-4-6-19(18)14-26/h3-8,11-12H,9-10,13-14H2,1-2H3,(H,24,28). The van der Waals surface area contributed by atoms with Crippen LogP contribution < -0.4 is 5.32 Å². The summed E-state index contributed by atoms with van der Waals surface area (Å²) >= 11 is 0. The molecule has 2 heterocycles. The minimum absolute atomic E-state index is 0.268. The molecule has 1 aromatic heterocycles. The van der Waals surface area contributed by atoms with Gasteiger partial charge in [0.05, 0.1) is 5.69 Å². The highest BCUT2D eigenvalue weighted by Crippen LogP contribution is 2.21. The molecule has 1 N–H and O–H groups in total. The lowest BCUT2D eigenvalue weighted by Crippen LogP contribution is -2.32. The first-order chi connectivity index (χ1) is 13.5. The third-order valence-corrected chi connectivity index (χ3v) is 5.07. The van der Waals surface area contributed by atoms with Crippen LogP contribution in [-0.4, -0.2) is 33.7 Å². The van der Waals surface area contributed by atoms with Crippen LogP contribution in [0.5, 0.6) is 0 Å². The summed E-state index contributed by atoms with van der Waals surface area (Å²) in [5, 5.41) is 7.18. The second kappa shape index (κ2) is 7.56. The van der Waals surface area contributed by atoms with Gasteiger partial charge >= 0.3 is 0 Å². The topological polar surface area (TPSA) is 50.2 Å². The van der Waals surface area contributed by atoms with Crippen LogP contribution in [0.3, 0.4) is 0 Å². The molecule has 3 aromatic rings. The minimum Gasteiger partial charge on any atom is -0.351 e. The first-order valence-corrected chi connectivity index (χ1v) is 9.42. The van der Waals surface area contributed by atoms with Gasteiger partial charge in [-0.1, -0.05) is 24.3 Å². The predicted octanol–water partition coefficient (Wildman–Crippen LogP) is 3.37. The highest BCUT2D eigenvalue weighted by molar-refractivity contribution is 5.94. The summed E-state index contributed by atoms with van der Waals surface area (Å²) in [6.07, 6.45) is 0. The van der Waals surface area contributed by atoms with Crippen LogP contribution in [0.15, 0.2) is 48.5 Å². The SMILES string of the molecule is Cc1cc(C)n(-c2ccc(C(=O)NCCN3Cc4ccccc4C3)cc2F)n1. The van der Waals surface area contributed by atoms with E-state index in [-0.39, 0.29) is 5.91 Å². The Labute approximate surface area is 163 Å². The van der Waals surface area contributed by atoms with E-state index in [0.29, 0.717) is 17.8 Å². The molecule has 6 heteroatoms. The van der Waals surface area contributed by atoms with Crippen molar-refractivity contribution in [2.75, 3.05) is 13.1 Å². The molecule has 0 aliphatic carbocycles. The zero-order valence-electron chi connectivity index (χ0n) is 16.1. The Balaban J connectivity index is 1.35. The second-order valence-electron chi connectivity index (χ2n) is 7.24. The number of nitrogens with one attached hydrogen (secondary N) is 1. The number of nitrogens with zero attached hydrogens (tertiary/aromatic N) is 3. The van der Waals surface area contributed by atoms with Crippen LogP contribution in [-0.2, 0) is 13.1 Å². The average molecular weight is 378 g/mol. The average Bonchev–Trinajstić information content (AvgIpc) is 3.23. The molecule has 0 atom stereocenters. The Morgan fingerprint density at radius 2 is 1.82 bits per heavy atom. The Bertz CT molecular complexity index is 1000. The van der Waals surface area contributed by atoms with E-state index in [0.717, 1.165) is 31.0 Å². The normalized spacial score (nSPS) is 13.5. The van der Waals surface area contributed by atoms with E-state index in [1.807, 2.05) is 32.0 Å². The zero-order chi connectivity index (χ0) is 19.7. The molecule has 0 fully saturated rings. The van der Waals surface area contributed by atoms with Crippen molar-refractivity contribution in [1.29, 1.82) is 0 Å². The first-order valence-electron chi connectivity index (χ1n) is 9.42. The molecule has 2 aromatic carbocycles. The van der Waals surface area contributed by atoms with Crippen LogP contribution in [0.1, 0.15) is 32.9 Å². The van der Waals surface area contributed by atoms with Gasteiger partial charge < -0.3 is 5.32 Å². The van der Waals surface area contributed by atoms with Gasteiger partial charge in [-0.05, 0) is 49.2 Å². The van der Waals surface area contributed by atoms with Gasteiger partial charge in [0.1, 0.15) is 11.5 Å². The molecule has 0 radical (unpaired) electrons. The summed E-state index contributed by atoms with van der Waals surface area (Å²) in [6, 6.07) is 14.8. The smallest absolute Gasteiger partial charge is 0.251 e. The molecule has 28 heavy (non-hydrogen) atoms. The molecule has 144 valence electrons. The number of aryl methyl sites for hydroxylation is 2. The minimum atomic E-state index is -0.464. The maximum atomic E-state index is 14.6. The van der Waals surface area contributed by atoms with Gasteiger partial charge in [-0.25, -0.2) is 9.07 Å². The monoisotopic (exact) mass is 378 g/mol. The third-order valence-electron chi connectivity index (χ3n) is 5.07. The van der Waals surface area contributed by atoms with E-state index >= 15 is 0 Å². The maximum Gasteiger partial charge on any atom is 0.251 e. The van der Waals surface area contributed by atoms with Crippen molar-refractivity contribution in [2.24, 2.45) is 0 Å². The van der Waals surface area contributed by atoms with Gasteiger partial charge in [0.25, 0.3) is 5.91 Å². The van der Waals surface area contributed by atoms with Crippen LogP contribution >= 0.6 is 0 Å². The van der Waals surface area contributed by atoms with Crippen molar-refractivity contribution in [3.8, 4) is 5.69 Å². The summed E-state index contributed by atoms with van der Waals surface area (Å²) in [5.41, 5.74) is 5.01. The van der Waals surface area contributed by atoms with E-state index in [1.165, 1.54) is 17.2 Å². The number of carbonyl (C=O) groups is 1. The molecule has 1 aliphatic heterocycles. The number of fused-ring (bicyclic) bond motifs is 1. The number of amides is 1. The lowest BCUT2D eigenvalue weighted by Gasteiger charge is -2.15. The van der Waals surface area contributed by atoms with Gasteiger partial charge in [-0.2, -0.15) is 5.10 Å². The summed E-state index contributed by atoms with van der Waals surface area (Å²) in [5.74, 6) is -0.732. The lowest BCUT2D eigenvalue weighted by atomic mass is 10.1. The summed E-state index contributed by atoms with van der Waals surface area (Å²) in [4.78, 5) is 14.7. The summed E-state index contributed by atoms with van der Waals surface area (Å²) in [7, 11) is 0. The Morgan fingerprint density at radius 3 is 2.43 bits per heavy atom. The molecule has 0 spiro atoms. The Morgan fingerprint density at radius 1 is 1.11 bits per heavy atom. The third kappa shape index (κ3) is 3.68. The van der Waals surface area contributed by atoms with E-state index < -0.39 is 5.82 Å². The first kappa shape index (κ1) is 18.4. The van der Waals surface area contributed by atoms with E-state index in [9.17, 15) is 9.18 Å². The second-order valence-corrected chi connectivity index (χ2v) is 7.24. The maximum absolute atomic E-state index is 14.6. The largest absolute Gasteiger partial charge is 0.351 e. The van der Waals surface area contributed by atoms with Gasteiger partial charge in [0.15, 0.2) is 0 Å². The fraction of sp³-hybridized carbons (Fsp3) is 0.273.